The predicted octanol–water partition coefficient (Wildman–Crippen LogP) is 13.8. The zero-order valence-corrected chi connectivity index (χ0v) is 28.3. The normalized spacial score (nSPS) is 13.9. The Morgan fingerprint density at radius 2 is 0.962 bits per heavy atom. The third-order valence-corrected chi connectivity index (χ3v) is 10.4. The van der Waals surface area contributed by atoms with Crippen molar-refractivity contribution in [2.75, 3.05) is 0 Å². The smallest absolute Gasteiger partial charge is 0.145 e. The second kappa shape index (κ2) is 11.8. The molecular weight excluding hydrogens is 641 g/mol. The van der Waals surface area contributed by atoms with Crippen molar-refractivity contribution in [2.24, 2.45) is 0 Å². The van der Waals surface area contributed by atoms with E-state index in [9.17, 15) is 5.48 Å². The Morgan fingerprint density at radius 1 is 0.415 bits per heavy atom. The molecular formula is C51H32N2. The van der Waals surface area contributed by atoms with Gasteiger partial charge in [0.05, 0.1) is 27.7 Å². The lowest BCUT2D eigenvalue weighted by atomic mass is 9.84. The van der Waals surface area contributed by atoms with Crippen molar-refractivity contribution in [2.45, 2.75) is 0 Å². The molecule has 0 fully saturated rings. The van der Waals surface area contributed by atoms with Gasteiger partial charge in [-0.25, -0.2) is 4.98 Å². The van der Waals surface area contributed by atoms with Gasteiger partial charge in [0.15, 0.2) is 0 Å². The molecule has 1 heterocycles. The van der Waals surface area contributed by atoms with Gasteiger partial charge in [0, 0.05) is 10.9 Å². The molecule has 0 spiro atoms. The number of nitrogens with zero attached hydrogens (tertiary/aromatic N) is 2. The molecule has 2 heteroatoms. The summed E-state index contributed by atoms with van der Waals surface area (Å²) >= 11 is 0. The lowest BCUT2D eigenvalue weighted by molar-refractivity contribution is 1.11. The van der Waals surface area contributed by atoms with Gasteiger partial charge in [-0.3, -0.25) is 4.57 Å². The third-order valence-electron chi connectivity index (χ3n) is 10.4. The monoisotopic (exact) mass is 680 g/mol. The fourth-order valence-electron chi connectivity index (χ4n) is 8.10. The molecule has 11 aromatic rings. The molecule has 0 aliphatic carbocycles. The molecule has 0 amide bonds. The van der Waals surface area contributed by atoms with E-state index in [0.29, 0.717) is 28.1 Å². The van der Waals surface area contributed by atoms with Gasteiger partial charge in [-0.05, 0) is 95.0 Å². The lowest BCUT2D eigenvalue weighted by Gasteiger charge is -2.20. The van der Waals surface area contributed by atoms with E-state index < -0.39 is 24.2 Å². The molecule has 53 heavy (non-hydrogen) atoms. The average Bonchev–Trinajstić information content (AvgIpc) is 3.69. The molecule has 11 rings (SSSR count). The maximum absolute atomic E-state index is 9.51. The first kappa shape index (κ1) is 22.7. The minimum Gasteiger partial charge on any atom is -0.292 e. The van der Waals surface area contributed by atoms with Gasteiger partial charge in [-0.15, -0.1) is 0 Å². The number of hydrogen-bond acceptors (Lipinski definition) is 1. The van der Waals surface area contributed by atoms with Crippen molar-refractivity contribution >= 4 is 64.9 Å². The van der Waals surface area contributed by atoms with Crippen LogP contribution in [0, 0.1) is 0 Å². The maximum Gasteiger partial charge on any atom is 0.145 e. The average molecular weight is 681 g/mol. The van der Waals surface area contributed by atoms with E-state index in [1.807, 2.05) is 121 Å². The molecule has 1 aromatic heterocycles. The molecule has 246 valence electrons. The van der Waals surface area contributed by atoms with Crippen LogP contribution in [0.15, 0.2) is 194 Å². The van der Waals surface area contributed by atoms with Crippen molar-refractivity contribution in [1.29, 1.82) is 0 Å². The SMILES string of the molecule is [2H]c1c([2H])c([2H])c2c(-c3cc4ccccc4c4ccccc34)c3c([2H])c([2H])c([2H])c([2H])c3c(-c3ccc(-c4nc5ccccc5n4-c4cccc5ccccc45)cc3)c2c1[2H]. The van der Waals surface area contributed by atoms with Crippen LogP contribution in [0.5, 0.6) is 0 Å². The van der Waals surface area contributed by atoms with Crippen molar-refractivity contribution in [3.05, 3.63) is 194 Å². The van der Waals surface area contributed by atoms with Crippen molar-refractivity contribution < 1.29 is 11.0 Å². The highest BCUT2D eigenvalue weighted by molar-refractivity contribution is 6.25. The predicted molar refractivity (Wildman–Crippen MR) is 225 cm³/mol. The molecule has 10 aromatic carbocycles. The topological polar surface area (TPSA) is 17.8 Å². The molecule has 0 atom stereocenters. The molecule has 0 bridgehead atoms. The quantitative estimate of drug-likeness (QED) is 0.134. The highest BCUT2D eigenvalue weighted by atomic mass is 15.1. The minimum atomic E-state index is -0.436. The Hall–Kier alpha value is -7.03. The fraction of sp³-hybridized carbons (Fsp3) is 0. The van der Waals surface area contributed by atoms with E-state index in [0.717, 1.165) is 54.6 Å². The Morgan fingerprint density at radius 3 is 1.70 bits per heavy atom. The van der Waals surface area contributed by atoms with E-state index in [2.05, 4.69) is 28.8 Å². The van der Waals surface area contributed by atoms with Crippen LogP contribution in [0.3, 0.4) is 0 Å². The molecule has 0 saturated heterocycles. The number of para-hydroxylation sites is 2. The standard InChI is InChI=1S/C51H32N2/c1-4-18-38-33(14-1)16-13-27-47(38)53-48-26-12-11-25-46(48)52-51(53)35-30-28-34(29-31-35)49-41-21-7-9-23-43(41)50(44-24-10-8-22-42(44)49)45-32-36-15-2-3-17-37(36)39-19-5-6-20-40(39)45/h1-32H/i7D,8D,9D,10D,21D,22D,23D,24D. The van der Waals surface area contributed by atoms with Crippen LogP contribution >= 0.6 is 0 Å². The molecule has 0 aliphatic rings. The van der Waals surface area contributed by atoms with Crippen LogP contribution in [-0.2, 0) is 0 Å². The Kier molecular flexibility index (Phi) is 5.04. The van der Waals surface area contributed by atoms with Crippen molar-refractivity contribution in [1.82, 2.24) is 9.55 Å². The Balaban J connectivity index is 1.25. The zero-order chi connectivity index (χ0) is 41.8. The molecule has 0 saturated carbocycles. The van der Waals surface area contributed by atoms with Crippen LogP contribution in [0.4, 0.5) is 0 Å². The maximum atomic E-state index is 9.51. The van der Waals surface area contributed by atoms with Gasteiger partial charge in [-0.1, -0.05) is 170 Å². The number of imidazole rings is 1. The van der Waals surface area contributed by atoms with E-state index in [1.54, 1.807) is 0 Å². The first-order chi connectivity index (χ1) is 29.6. The van der Waals surface area contributed by atoms with Crippen LogP contribution < -0.4 is 0 Å². The summed E-state index contributed by atoms with van der Waals surface area (Å²) in [7, 11) is 0. The summed E-state index contributed by atoms with van der Waals surface area (Å²) < 4.78 is 75.9. The van der Waals surface area contributed by atoms with Gasteiger partial charge >= 0.3 is 0 Å². The van der Waals surface area contributed by atoms with Crippen LogP contribution in [-0.4, -0.2) is 9.55 Å². The minimum absolute atomic E-state index is 0.173. The summed E-state index contributed by atoms with van der Waals surface area (Å²) in [6.07, 6.45) is 0. The van der Waals surface area contributed by atoms with Gasteiger partial charge in [0.25, 0.3) is 0 Å². The first-order valence-electron chi connectivity index (χ1n) is 21.6. The van der Waals surface area contributed by atoms with Gasteiger partial charge in [0.2, 0.25) is 0 Å². The summed E-state index contributed by atoms with van der Waals surface area (Å²) in [5.74, 6) is 0.696. The van der Waals surface area contributed by atoms with Crippen LogP contribution in [0.25, 0.3) is 104 Å². The largest absolute Gasteiger partial charge is 0.292 e. The van der Waals surface area contributed by atoms with Gasteiger partial charge < -0.3 is 0 Å². The second-order valence-corrected chi connectivity index (χ2v) is 13.3. The molecule has 0 N–H and O–H groups in total. The highest BCUT2D eigenvalue weighted by Crippen LogP contribution is 2.46. The summed E-state index contributed by atoms with van der Waals surface area (Å²) in [4.78, 5) is 5.12. The number of rotatable bonds is 4. The third kappa shape index (κ3) is 4.56. The molecule has 0 aliphatic heterocycles. The summed E-state index contributed by atoms with van der Waals surface area (Å²) in [5, 5.41) is 6.43. The Labute approximate surface area is 318 Å². The zero-order valence-electron chi connectivity index (χ0n) is 36.3. The number of fused-ring (bicyclic) bond motifs is 7. The van der Waals surface area contributed by atoms with E-state index in [4.69, 9.17) is 10.5 Å². The Bertz CT molecular complexity index is 3600. The van der Waals surface area contributed by atoms with E-state index >= 15 is 0 Å². The summed E-state index contributed by atoms with van der Waals surface area (Å²) in [5.41, 5.74) is 5.25. The van der Waals surface area contributed by atoms with Crippen molar-refractivity contribution in [3.8, 4) is 39.3 Å². The first-order valence-corrected chi connectivity index (χ1v) is 17.6. The number of aromatic nitrogens is 2. The van der Waals surface area contributed by atoms with E-state index in [-0.39, 0.29) is 45.7 Å². The highest BCUT2D eigenvalue weighted by Gasteiger charge is 2.20. The second-order valence-electron chi connectivity index (χ2n) is 13.3. The van der Waals surface area contributed by atoms with Gasteiger partial charge in [-0.2, -0.15) is 0 Å². The number of benzene rings is 10. The van der Waals surface area contributed by atoms with Gasteiger partial charge in [0.1, 0.15) is 5.82 Å². The van der Waals surface area contributed by atoms with Crippen molar-refractivity contribution in [3.63, 3.8) is 0 Å². The van der Waals surface area contributed by atoms with E-state index in [1.165, 1.54) is 0 Å². The summed E-state index contributed by atoms with van der Waals surface area (Å²) in [6, 6.07) is 44.6. The fourth-order valence-corrected chi connectivity index (χ4v) is 8.10. The molecule has 2 nitrogen and oxygen atoms in total. The molecule has 0 unspecified atom stereocenters. The van der Waals surface area contributed by atoms with Crippen LogP contribution in [0.1, 0.15) is 11.0 Å². The van der Waals surface area contributed by atoms with Crippen LogP contribution in [0.2, 0.25) is 0 Å². The summed E-state index contributed by atoms with van der Waals surface area (Å²) in [6.45, 7) is 0. The number of hydrogen-bond donors (Lipinski definition) is 0. The lowest BCUT2D eigenvalue weighted by Crippen LogP contribution is -1.98. The molecule has 0 radical (unpaired) electrons.